The molecule has 1 amide bonds. The Morgan fingerprint density at radius 3 is 3.17 bits per heavy atom. The molecule has 0 bridgehead atoms. The van der Waals surface area contributed by atoms with Crippen molar-refractivity contribution in [2.24, 2.45) is 5.92 Å². The molecular weight excluding hydrogens is 252 g/mol. The van der Waals surface area contributed by atoms with Crippen LogP contribution in [0.4, 0.5) is 0 Å². The molecule has 4 nitrogen and oxygen atoms in total. The van der Waals surface area contributed by atoms with Gasteiger partial charge in [0.1, 0.15) is 5.69 Å². The molecule has 1 fully saturated rings. The van der Waals surface area contributed by atoms with E-state index in [9.17, 15) is 4.79 Å². The fourth-order valence-corrected chi connectivity index (χ4v) is 2.30. The van der Waals surface area contributed by atoms with Crippen LogP contribution in [0.2, 0.25) is 5.02 Å². The van der Waals surface area contributed by atoms with Crippen LogP contribution in [0, 0.1) is 5.92 Å². The third kappa shape index (κ3) is 3.43. The SMILES string of the molecule is CN(CC1CCCOC1)C(=O)c1cc(Cl)ccn1. The zero-order valence-electron chi connectivity index (χ0n) is 10.4. The summed E-state index contributed by atoms with van der Waals surface area (Å²) in [7, 11) is 1.79. The Morgan fingerprint density at radius 1 is 1.67 bits per heavy atom. The largest absolute Gasteiger partial charge is 0.381 e. The van der Waals surface area contributed by atoms with Gasteiger partial charge in [-0.1, -0.05) is 11.6 Å². The number of ether oxygens (including phenoxy) is 1. The number of carbonyl (C=O) groups is 1. The van der Waals surface area contributed by atoms with Crippen LogP contribution in [0.15, 0.2) is 18.3 Å². The summed E-state index contributed by atoms with van der Waals surface area (Å²) in [5, 5.41) is 0.530. The lowest BCUT2D eigenvalue weighted by Gasteiger charge is -2.26. The molecule has 1 aliphatic heterocycles. The molecule has 1 aromatic heterocycles. The van der Waals surface area contributed by atoms with Crippen molar-refractivity contribution >= 4 is 17.5 Å². The number of carbonyl (C=O) groups excluding carboxylic acids is 1. The van der Waals surface area contributed by atoms with Gasteiger partial charge in [-0.15, -0.1) is 0 Å². The second-order valence-electron chi connectivity index (χ2n) is 4.63. The summed E-state index contributed by atoms with van der Waals surface area (Å²) in [6.07, 6.45) is 3.73. The van der Waals surface area contributed by atoms with E-state index in [1.54, 1.807) is 30.3 Å². The van der Waals surface area contributed by atoms with Crippen LogP contribution in [-0.4, -0.2) is 42.6 Å². The Morgan fingerprint density at radius 2 is 2.50 bits per heavy atom. The molecule has 18 heavy (non-hydrogen) atoms. The van der Waals surface area contributed by atoms with E-state index in [-0.39, 0.29) is 5.91 Å². The molecule has 1 aliphatic rings. The summed E-state index contributed by atoms with van der Waals surface area (Å²) in [4.78, 5) is 17.9. The van der Waals surface area contributed by atoms with Crippen molar-refractivity contribution in [2.45, 2.75) is 12.8 Å². The molecule has 0 spiro atoms. The van der Waals surface area contributed by atoms with Gasteiger partial charge in [0.05, 0.1) is 6.61 Å². The third-order valence-corrected chi connectivity index (χ3v) is 3.31. The minimum Gasteiger partial charge on any atom is -0.381 e. The fraction of sp³-hybridized carbons (Fsp3) is 0.538. The monoisotopic (exact) mass is 268 g/mol. The first-order chi connectivity index (χ1) is 8.66. The average molecular weight is 269 g/mol. The van der Waals surface area contributed by atoms with Crippen molar-refractivity contribution in [3.8, 4) is 0 Å². The van der Waals surface area contributed by atoms with Gasteiger partial charge in [-0.3, -0.25) is 9.78 Å². The predicted octanol–water partition coefficient (Wildman–Crippen LogP) is 2.23. The number of aromatic nitrogens is 1. The van der Waals surface area contributed by atoms with Gasteiger partial charge in [-0.25, -0.2) is 0 Å². The van der Waals surface area contributed by atoms with E-state index < -0.39 is 0 Å². The first-order valence-electron chi connectivity index (χ1n) is 6.11. The van der Waals surface area contributed by atoms with Gasteiger partial charge in [0.25, 0.3) is 5.91 Å². The smallest absolute Gasteiger partial charge is 0.272 e. The number of hydrogen-bond donors (Lipinski definition) is 0. The van der Waals surface area contributed by atoms with Crippen LogP contribution in [-0.2, 0) is 4.74 Å². The Hall–Kier alpha value is -1.13. The van der Waals surface area contributed by atoms with Gasteiger partial charge in [0, 0.05) is 31.4 Å². The highest BCUT2D eigenvalue weighted by molar-refractivity contribution is 6.30. The van der Waals surface area contributed by atoms with Gasteiger partial charge in [0.15, 0.2) is 0 Å². The summed E-state index contributed by atoms with van der Waals surface area (Å²) in [5.74, 6) is 0.329. The molecule has 5 heteroatoms. The highest BCUT2D eigenvalue weighted by Crippen LogP contribution is 2.16. The number of hydrogen-bond acceptors (Lipinski definition) is 3. The van der Waals surface area contributed by atoms with E-state index in [1.807, 2.05) is 0 Å². The van der Waals surface area contributed by atoms with Gasteiger partial charge < -0.3 is 9.64 Å². The van der Waals surface area contributed by atoms with E-state index in [0.29, 0.717) is 23.2 Å². The molecule has 1 aromatic rings. The molecule has 0 radical (unpaired) electrons. The molecule has 2 rings (SSSR count). The molecule has 0 N–H and O–H groups in total. The first-order valence-corrected chi connectivity index (χ1v) is 6.49. The second-order valence-corrected chi connectivity index (χ2v) is 5.06. The maximum atomic E-state index is 12.1. The van der Waals surface area contributed by atoms with Crippen LogP contribution in [0.25, 0.3) is 0 Å². The average Bonchev–Trinajstić information content (AvgIpc) is 2.39. The van der Waals surface area contributed by atoms with Crippen molar-refractivity contribution in [1.29, 1.82) is 0 Å². The third-order valence-electron chi connectivity index (χ3n) is 3.07. The number of pyridine rings is 1. The quantitative estimate of drug-likeness (QED) is 0.844. The van der Waals surface area contributed by atoms with E-state index in [2.05, 4.69) is 4.98 Å². The molecule has 0 saturated carbocycles. The highest BCUT2D eigenvalue weighted by atomic mass is 35.5. The van der Waals surface area contributed by atoms with Crippen LogP contribution in [0.1, 0.15) is 23.3 Å². The Labute approximate surface area is 112 Å². The lowest BCUT2D eigenvalue weighted by atomic mass is 10.0. The maximum absolute atomic E-state index is 12.1. The number of halogens is 1. The van der Waals surface area contributed by atoms with Gasteiger partial charge in [0.2, 0.25) is 0 Å². The number of rotatable bonds is 3. The fourth-order valence-electron chi connectivity index (χ4n) is 2.14. The van der Waals surface area contributed by atoms with Crippen LogP contribution in [0.3, 0.4) is 0 Å². The van der Waals surface area contributed by atoms with E-state index >= 15 is 0 Å². The number of amides is 1. The summed E-state index contributed by atoms with van der Waals surface area (Å²) < 4.78 is 5.41. The minimum absolute atomic E-state index is 0.0944. The summed E-state index contributed by atoms with van der Waals surface area (Å²) >= 11 is 5.85. The predicted molar refractivity (Wildman–Crippen MR) is 69.8 cm³/mol. The van der Waals surface area contributed by atoms with Gasteiger partial charge >= 0.3 is 0 Å². The summed E-state index contributed by atoms with van der Waals surface area (Å²) in [5.41, 5.74) is 0.390. The summed E-state index contributed by atoms with van der Waals surface area (Å²) in [6, 6.07) is 3.26. The van der Waals surface area contributed by atoms with Crippen molar-refractivity contribution in [1.82, 2.24) is 9.88 Å². The van der Waals surface area contributed by atoms with Gasteiger partial charge in [-0.2, -0.15) is 0 Å². The standard InChI is InChI=1S/C13H17ClN2O2/c1-16(8-10-3-2-6-18-9-10)13(17)12-7-11(14)4-5-15-12/h4-5,7,10H,2-3,6,8-9H2,1H3. The van der Waals surface area contributed by atoms with Crippen molar-refractivity contribution in [3.63, 3.8) is 0 Å². The Balaban J connectivity index is 1.95. The van der Waals surface area contributed by atoms with E-state index in [4.69, 9.17) is 16.3 Å². The minimum atomic E-state index is -0.0944. The Bertz CT molecular complexity index is 419. The second kappa shape index (κ2) is 6.16. The van der Waals surface area contributed by atoms with Crippen LogP contribution >= 0.6 is 11.6 Å². The van der Waals surface area contributed by atoms with Crippen molar-refractivity contribution in [3.05, 3.63) is 29.0 Å². The topological polar surface area (TPSA) is 42.4 Å². The van der Waals surface area contributed by atoms with E-state index in [0.717, 1.165) is 26.1 Å². The molecule has 98 valence electrons. The van der Waals surface area contributed by atoms with Gasteiger partial charge in [-0.05, 0) is 30.9 Å². The molecule has 0 aliphatic carbocycles. The molecule has 2 heterocycles. The molecule has 1 unspecified atom stereocenters. The maximum Gasteiger partial charge on any atom is 0.272 e. The number of nitrogens with zero attached hydrogens (tertiary/aromatic N) is 2. The molecule has 1 saturated heterocycles. The van der Waals surface area contributed by atoms with Crippen molar-refractivity contribution in [2.75, 3.05) is 26.8 Å². The van der Waals surface area contributed by atoms with Crippen LogP contribution in [0.5, 0.6) is 0 Å². The van der Waals surface area contributed by atoms with Crippen LogP contribution < -0.4 is 0 Å². The zero-order chi connectivity index (χ0) is 13.0. The molecule has 0 aromatic carbocycles. The van der Waals surface area contributed by atoms with E-state index in [1.165, 1.54) is 0 Å². The zero-order valence-corrected chi connectivity index (χ0v) is 11.2. The lowest BCUT2D eigenvalue weighted by molar-refractivity contribution is 0.0387. The Kier molecular flexibility index (Phi) is 4.55. The van der Waals surface area contributed by atoms with Crippen molar-refractivity contribution < 1.29 is 9.53 Å². The normalized spacial score (nSPS) is 19.6. The molecular formula is C13H17ClN2O2. The first kappa shape index (κ1) is 13.3. The lowest BCUT2D eigenvalue weighted by Crippen LogP contribution is -2.35. The molecule has 1 atom stereocenters. The highest BCUT2D eigenvalue weighted by Gasteiger charge is 2.20. The summed E-state index contributed by atoms with van der Waals surface area (Å²) in [6.45, 7) is 2.28.